The molecule has 6 heteroatoms. The third-order valence-electron chi connectivity index (χ3n) is 4.95. The Morgan fingerprint density at radius 2 is 1.97 bits per heavy atom. The lowest BCUT2D eigenvalue weighted by molar-refractivity contribution is 0.0952. The van der Waals surface area contributed by atoms with Crippen molar-refractivity contribution in [2.75, 3.05) is 13.7 Å². The highest BCUT2D eigenvalue weighted by molar-refractivity contribution is 9.10. The zero-order chi connectivity index (χ0) is 20.2. The van der Waals surface area contributed by atoms with Crippen LogP contribution >= 0.6 is 15.9 Å². The smallest absolute Gasteiger partial charge is 0.252 e. The summed E-state index contributed by atoms with van der Waals surface area (Å²) in [5, 5.41) is 4.21. The summed E-state index contributed by atoms with van der Waals surface area (Å²) < 4.78 is 6.06. The Balaban J connectivity index is 1.65. The minimum absolute atomic E-state index is 0.0129. The van der Waals surface area contributed by atoms with Gasteiger partial charge in [0.25, 0.3) is 5.91 Å². The monoisotopic (exact) mass is 449 g/mol. The Morgan fingerprint density at radius 3 is 2.72 bits per heavy atom. The number of nitrogens with zero attached hydrogens (tertiary/aromatic N) is 1. The molecule has 0 spiro atoms. The number of H-pyrrole nitrogens is 1. The predicted molar refractivity (Wildman–Crippen MR) is 117 cm³/mol. The number of nitrogens with one attached hydrogen (secondary N) is 2. The normalized spacial score (nSPS) is 11.9. The molecule has 4 rings (SSSR count). The Kier molecular flexibility index (Phi) is 5.62. The molecule has 1 amide bonds. The summed E-state index contributed by atoms with van der Waals surface area (Å²) in [5.74, 6) is 0.633. The third-order valence-corrected chi connectivity index (χ3v) is 5.38. The van der Waals surface area contributed by atoms with E-state index in [1.54, 1.807) is 25.6 Å². The second-order valence-electron chi connectivity index (χ2n) is 6.72. The van der Waals surface area contributed by atoms with Crippen LogP contribution in [0.15, 0.2) is 77.7 Å². The molecule has 0 aliphatic heterocycles. The van der Waals surface area contributed by atoms with Crippen LogP contribution in [-0.4, -0.2) is 29.5 Å². The average molecular weight is 450 g/mol. The van der Waals surface area contributed by atoms with E-state index in [9.17, 15) is 4.79 Å². The van der Waals surface area contributed by atoms with E-state index >= 15 is 0 Å². The number of hydrogen-bond donors (Lipinski definition) is 2. The van der Waals surface area contributed by atoms with Crippen molar-refractivity contribution < 1.29 is 9.53 Å². The minimum atomic E-state index is -0.155. The first kappa shape index (κ1) is 19.2. The van der Waals surface area contributed by atoms with Crippen molar-refractivity contribution in [2.24, 2.45) is 0 Å². The van der Waals surface area contributed by atoms with Gasteiger partial charge in [-0.15, -0.1) is 0 Å². The molecule has 0 bridgehead atoms. The van der Waals surface area contributed by atoms with E-state index < -0.39 is 0 Å². The molecular formula is C23H20BrN3O2. The lowest BCUT2D eigenvalue weighted by Crippen LogP contribution is -2.29. The highest BCUT2D eigenvalue weighted by Gasteiger charge is 2.20. The SMILES string of the molecule is COc1ccc(C(CNC(=O)c2cncc(Br)c2)c2c[nH]c3ccccc23)cc1. The number of amides is 1. The summed E-state index contributed by atoms with van der Waals surface area (Å²) in [6.07, 6.45) is 5.24. The van der Waals surface area contributed by atoms with Crippen LogP contribution < -0.4 is 10.1 Å². The molecule has 2 aromatic carbocycles. The van der Waals surface area contributed by atoms with Crippen molar-refractivity contribution in [1.82, 2.24) is 15.3 Å². The largest absolute Gasteiger partial charge is 0.497 e. The maximum Gasteiger partial charge on any atom is 0.252 e. The minimum Gasteiger partial charge on any atom is -0.497 e. The van der Waals surface area contributed by atoms with Crippen LogP contribution in [0.5, 0.6) is 5.75 Å². The van der Waals surface area contributed by atoms with Crippen LogP contribution in [0.25, 0.3) is 10.9 Å². The number of carbonyl (C=O) groups is 1. The van der Waals surface area contributed by atoms with Gasteiger partial charge in [0.1, 0.15) is 5.75 Å². The fourth-order valence-electron chi connectivity index (χ4n) is 3.46. The van der Waals surface area contributed by atoms with Crippen molar-refractivity contribution in [3.8, 4) is 5.75 Å². The molecule has 5 nitrogen and oxygen atoms in total. The van der Waals surface area contributed by atoms with Gasteiger partial charge in [0.2, 0.25) is 0 Å². The molecule has 0 saturated heterocycles. The van der Waals surface area contributed by atoms with Gasteiger partial charge in [-0.25, -0.2) is 0 Å². The summed E-state index contributed by atoms with van der Waals surface area (Å²) >= 11 is 3.36. The van der Waals surface area contributed by atoms with E-state index in [2.05, 4.69) is 43.3 Å². The van der Waals surface area contributed by atoms with Crippen LogP contribution in [0.4, 0.5) is 0 Å². The van der Waals surface area contributed by atoms with Crippen LogP contribution in [0.3, 0.4) is 0 Å². The first-order valence-corrected chi connectivity index (χ1v) is 10.0. The van der Waals surface area contributed by atoms with E-state index in [0.717, 1.165) is 32.3 Å². The molecule has 1 unspecified atom stereocenters. The molecule has 0 aliphatic rings. The molecular weight excluding hydrogens is 430 g/mol. The van der Waals surface area contributed by atoms with E-state index in [0.29, 0.717) is 12.1 Å². The number of para-hydroxylation sites is 1. The van der Waals surface area contributed by atoms with Gasteiger partial charge < -0.3 is 15.0 Å². The maximum atomic E-state index is 12.7. The van der Waals surface area contributed by atoms with Crippen molar-refractivity contribution in [1.29, 1.82) is 0 Å². The van der Waals surface area contributed by atoms with Crippen LogP contribution in [0.1, 0.15) is 27.4 Å². The molecule has 146 valence electrons. The Morgan fingerprint density at radius 1 is 1.17 bits per heavy atom. The number of carbonyl (C=O) groups excluding carboxylic acids is 1. The Bertz CT molecular complexity index is 1140. The van der Waals surface area contributed by atoms with Crippen LogP contribution in [0.2, 0.25) is 0 Å². The fraction of sp³-hybridized carbons (Fsp3) is 0.130. The molecule has 1 atom stereocenters. The molecule has 2 aromatic heterocycles. The quantitative estimate of drug-likeness (QED) is 0.439. The summed E-state index contributed by atoms with van der Waals surface area (Å²) in [7, 11) is 1.65. The molecule has 0 fully saturated rings. The molecule has 0 radical (unpaired) electrons. The highest BCUT2D eigenvalue weighted by atomic mass is 79.9. The Hall–Kier alpha value is -3.12. The Labute approximate surface area is 177 Å². The molecule has 4 aromatic rings. The summed E-state index contributed by atoms with van der Waals surface area (Å²) in [6.45, 7) is 0.458. The number of halogens is 1. The number of fused-ring (bicyclic) bond motifs is 1. The summed E-state index contributed by atoms with van der Waals surface area (Å²) in [6, 6.07) is 17.9. The first-order valence-electron chi connectivity index (χ1n) is 9.24. The van der Waals surface area contributed by atoms with E-state index in [1.807, 2.05) is 42.6 Å². The molecule has 2 N–H and O–H groups in total. The van der Waals surface area contributed by atoms with Crippen molar-refractivity contribution in [3.63, 3.8) is 0 Å². The second kappa shape index (κ2) is 8.49. The van der Waals surface area contributed by atoms with Gasteiger partial charge in [-0.05, 0) is 51.3 Å². The maximum absolute atomic E-state index is 12.7. The first-order chi connectivity index (χ1) is 14.2. The number of methoxy groups -OCH3 is 1. The molecule has 29 heavy (non-hydrogen) atoms. The lowest BCUT2D eigenvalue weighted by atomic mass is 9.90. The zero-order valence-corrected chi connectivity index (χ0v) is 17.4. The van der Waals surface area contributed by atoms with Gasteiger partial charge in [0, 0.05) is 46.4 Å². The van der Waals surface area contributed by atoms with Crippen molar-refractivity contribution >= 4 is 32.7 Å². The van der Waals surface area contributed by atoms with Gasteiger partial charge in [-0.3, -0.25) is 9.78 Å². The third kappa shape index (κ3) is 4.17. The van der Waals surface area contributed by atoms with Crippen LogP contribution in [0, 0.1) is 0 Å². The van der Waals surface area contributed by atoms with E-state index in [1.165, 1.54) is 0 Å². The topological polar surface area (TPSA) is 67.0 Å². The summed E-state index contributed by atoms with van der Waals surface area (Å²) in [5.41, 5.74) is 3.83. The highest BCUT2D eigenvalue weighted by Crippen LogP contribution is 2.31. The number of hydrogen-bond acceptors (Lipinski definition) is 3. The van der Waals surface area contributed by atoms with Gasteiger partial charge in [-0.2, -0.15) is 0 Å². The predicted octanol–water partition coefficient (Wildman–Crippen LogP) is 4.90. The van der Waals surface area contributed by atoms with Crippen molar-refractivity contribution in [3.05, 3.63) is 94.4 Å². The molecule has 0 saturated carbocycles. The summed E-state index contributed by atoms with van der Waals surface area (Å²) in [4.78, 5) is 20.1. The molecule has 0 aliphatic carbocycles. The van der Waals surface area contributed by atoms with Gasteiger partial charge >= 0.3 is 0 Å². The fourth-order valence-corrected chi connectivity index (χ4v) is 3.82. The average Bonchev–Trinajstić information content (AvgIpc) is 3.18. The van der Waals surface area contributed by atoms with Gasteiger partial charge in [0.05, 0.1) is 12.7 Å². The van der Waals surface area contributed by atoms with E-state index in [4.69, 9.17) is 4.74 Å². The zero-order valence-electron chi connectivity index (χ0n) is 15.9. The number of ether oxygens (including phenoxy) is 1. The number of pyridine rings is 1. The molecule has 2 heterocycles. The number of aromatic amines is 1. The lowest BCUT2D eigenvalue weighted by Gasteiger charge is -2.18. The van der Waals surface area contributed by atoms with E-state index in [-0.39, 0.29) is 11.8 Å². The number of rotatable bonds is 6. The second-order valence-corrected chi connectivity index (χ2v) is 7.63. The van der Waals surface area contributed by atoms with Gasteiger partial charge in [0.15, 0.2) is 0 Å². The van der Waals surface area contributed by atoms with Crippen molar-refractivity contribution in [2.45, 2.75) is 5.92 Å². The van der Waals surface area contributed by atoms with Crippen LogP contribution in [-0.2, 0) is 0 Å². The standard InChI is InChI=1S/C23H20BrN3O2/c1-29-18-8-6-15(7-9-18)20(21-14-26-22-5-3-2-4-19(21)22)13-27-23(28)16-10-17(24)12-25-11-16/h2-12,14,20,26H,13H2,1H3,(H,27,28). The number of aromatic nitrogens is 2. The number of benzene rings is 2. The van der Waals surface area contributed by atoms with Gasteiger partial charge in [-0.1, -0.05) is 30.3 Å².